The molecular weight excluding hydrogens is 366 g/mol. The highest BCUT2D eigenvalue weighted by atomic mass is 79.9. The summed E-state index contributed by atoms with van der Waals surface area (Å²) in [7, 11) is 0. The maximum atomic E-state index is 11.2. The topological polar surface area (TPSA) is 65.5 Å². The van der Waals surface area contributed by atoms with Gasteiger partial charge in [0, 0.05) is 41.3 Å². The molecule has 2 heterocycles. The number of piperazine rings is 1. The van der Waals surface area contributed by atoms with Crippen LogP contribution in [0.5, 0.6) is 0 Å². The van der Waals surface area contributed by atoms with Crippen LogP contribution in [0.25, 0.3) is 0 Å². The lowest BCUT2D eigenvalue weighted by molar-refractivity contribution is -0.144. The molecule has 1 fully saturated rings. The van der Waals surface area contributed by atoms with E-state index in [1.165, 1.54) is 0 Å². The minimum Gasteiger partial charge on any atom is -0.480 e. The molecule has 0 bridgehead atoms. The van der Waals surface area contributed by atoms with Gasteiger partial charge in [-0.2, -0.15) is 0 Å². The van der Waals surface area contributed by atoms with Crippen LogP contribution in [0.2, 0.25) is 0 Å². The Morgan fingerprint density at radius 1 is 1.61 bits per heavy atom. The summed E-state index contributed by atoms with van der Waals surface area (Å²) < 4.78 is 1.78. The Kier molecular flexibility index (Phi) is 4.71. The van der Waals surface area contributed by atoms with Crippen molar-refractivity contribution in [2.24, 2.45) is 0 Å². The summed E-state index contributed by atoms with van der Waals surface area (Å²) in [6.45, 7) is 2.52. The largest absolute Gasteiger partial charge is 0.480 e. The number of carbonyl (C=O) groups is 1. The fourth-order valence-electron chi connectivity index (χ4n) is 1.93. The maximum Gasteiger partial charge on any atom is 0.322 e. The van der Waals surface area contributed by atoms with Gasteiger partial charge in [-0.15, -0.1) is 0 Å². The van der Waals surface area contributed by atoms with Gasteiger partial charge in [-0.3, -0.25) is 14.7 Å². The van der Waals surface area contributed by atoms with Crippen LogP contribution in [0.15, 0.2) is 21.2 Å². The first-order valence-electron chi connectivity index (χ1n) is 5.55. The van der Waals surface area contributed by atoms with Crippen LogP contribution in [0.1, 0.15) is 5.69 Å². The molecule has 0 saturated carbocycles. The molecule has 1 aromatic rings. The van der Waals surface area contributed by atoms with Crippen LogP contribution < -0.4 is 5.32 Å². The Labute approximate surface area is 122 Å². The Balaban J connectivity index is 2.13. The highest BCUT2D eigenvalue weighted by molar-refractivity contribution is 9.11. The monoisotopic (exact) mass is 377 g/mol. The van der Waals surface area contributed by atoms with Gasteiger partial charge in [0.2, 0.25) is 0 Å². The van der Waals surface area contributed by atoms with E-state index in [0.717, 1.165) is 21.2 Å². The summed E-state index contributed by atoms with van der Waals surface area (Å²) >= 11 is 6.80. The van der Waals surface area contributed by atoms with E-state index in [9.17, 15) is 9.90 Å². The van der Waals surface area contributed by atoms with E-state index in [1.807, 2.05) is 11.0 Å². The summed E-state index contributed by atoms with van der Waals surface area (Å²) in [6.07, 6.45) is 1.72. The molecule has 1 unspecified atom stereocenters. The van der Waals surface area contributed by atoms with E-state index >= 15 is 0 Å². The van der Waals surface area contributed by atoms with Crippen LogP contribution in [0, 0.1) is 0 Å². The summed E-state index contributed by atoms with van der Waals surface area (Å²) in [5.74, 6) is -0.796. The first-order chi connectivity index (χ1) is 8.58. The average molecular weight is 379 g/mol. The van der Waals surface area contributed by atoms with Crippen molar-refractivity contribution in [1.82, 2.24) is 15.2 Å². The third-order valence-corrected chi connectivity index (χ3v) is 4.00. The van der Waals surface area contributed by atoms with Crippen LogP contribution >= 0.6 is 31.9 Å². The van der Waals surface area contributed by atoms with Crippen molar-refractivity contribution in [3.8, 4) is 0 Å². The van der Waals surface area contributed by atoms with Crippen LogP contribution in [0.4, 0.5) is 0 Å². The first kappa shape index (κ1) is 13.9. The average Bonchev–Trinajstić information content (AvgIpc) is 2.33. The molecule has 0 aliphatic carbocycles. The van der Waals surface area contributed by atoms with Crippen molar-refractivity contribution < 1.29 is 9.90 Å². The highest BCUT2D eigenvalue weighted by Gasteiger charge is 2.28. The van der Waals surface area contributed by atoms with E-state index in [4.69, 9.17) is 0 Å². The van der Waals surface area contributed by atoms with Crippen LogP contribution in [-0.2, 0) is 11.3 Å². The third kappa shape index (κ3) is 3.28. The molecule has 1 aromatic heterocycles. The third-order valence-electron chi connectivity index (χ3n) is 2.88. The number of hydrogen-bond acceptors (Lipinski definition) is 4. The van der Waals surface area contributed by atoms with Gasteiger partial charge in [-0.05, 0) is 37.9 Å². The predicted octanol–water partition coefficient (Wildman–Crippen LogP) is 1.47. The first-order valence-corrected chi connectivity index (χ1v) is 7.14. The molecule has 0 radical (unpaired) electrons. The lowest BCUT2D eigenvalue weighted by atomic mass is 10.2. The Morgan fingerprint density at radius 3 is 3.06 bits per heavy atom. The number of aromatic nitrogens is 1. The molecule has 7 heteroatoms. The number of carboxylic acid groups (broad SMARTS) is 1. The van der Waals surface area contributed by atoms with Crippen molar-refractivity contribution >= 4 is 37.8 Å². The van der Waals surface area contributed by atoms with Gasteiger partial charge < -0.3 is 10.4 Å². The number of hydrogen-bond donors (Lipinski definition) is 2. The number of nitrogens with one attached hydrogen (secondary N) is 1. The van der Waals surface area contributed by atoms with Gasteiger partial charge in [-0.1, -0.05) is 0 Å². The molecule has 1 saturated heterocycles. The minimum absolute atomic E-state index is 0.476. The molecule has 0 amide bonds. The predicted molar refractivity (Wildman–Crippen MR) is 74.3 cm³/mol. The lowest BCUT2D eigenvalue weighted by Gasteiger charge is -2.33. The molecule has 1 aliphatic heterocycles. The van der Waals surface area contributed by atoms with Crippen LogP contribution in [0.3, 0.4) is 0 Å². The van der Waals surface area contributed by atoms with Gasteiger partial charge in [0.1, 0.15) is 6.04 Å². The summed E-state index contributed by atoms with van der Waals surface area (Å²) in [6, 6.07) is 1.43. The zero-order valence-electron chi connectivity index (χ0n) is 9.57. The molecule has 0 aromatic carbocycles. The standard InChI is InChI=1S/C11H13Br2N3O2/c12-7-3-8(13)9(15-4-7)6-16-2-1-14-5-10(16)11(17)18/h3-4,10,14H,1-2,5-6H2,(H,17,18). The zero-order valence-corrected chi connectivity index (χ0v) is 12.7. The summed E-state index contributed by atoms with van der Waals surface area (Å²) in [4.78, 5) is 17.4. The van der Waals surface area contributed by atoms with Crippen molar-refractivity contribution in [2.75, 3.05) is 19.6 Å². The normalized spacial score (nSPS) is 20.9. The Morgan fingerprint density at radius 2 is 2.39 bits per heavy atom. The number of carboxylic acids is 1. The fraction of sp³-hybridized carbons (Fsp3) is 0.455. The maximum absolute atomic E-state index is 11.2. The molecule has 0 spiro atoms. The second kappa shape index (κ2) is 6.10. The minimum atomic E-state index is -0.796. The number of aliphatic carboxylic acids is 1. The van der Waals surface area contributed by atoms with Crippen molar-refractivity contribution in [1.29, 1.82) is 0 Å². The molecule has 5 nitrogen and oxygen atoms in total. The zero-order chi connectivity index (χ0) is 13.1. The molecular formula is C11H13Br2N3O2. The quantitative estimate of drug-likeness (QED) is 0.833. The van der Waals surface area contributed by atoms with E-state index < -0.39 is 12.0 Å². The summed E-state index contributed by atoms with van der Waals surface area (Å²) in [5.41, 5.74) is 0.853. The molecule has 2 rings (SSSR count). The Hall–Kier alpha value is -0.500. The molecule has 98 valence electrons. The van der Waals surface area contributed by atoms with Gasteiger partial charge in [0.05, 0.1) is 5.69 Å². The van der Waals surface area contributed by atoms with E-state index in [0.29, 0.717) is 19.6 Å². The second-order valence-corrected chi connectivity index (χ2v) is 5.88. The Bertz CT molecular complexity index is 456. The summed E-state index contributed by atoms with van der Waals surface area (Å²) in [5, 5.41) is 12.3. The van der Waals surface area contributed by atoms with Crippen molar-refractivity contribution in [3.05, 3.63) is 26.9 Å². The molecule has 1 atom stereocenters. The van der Waals surface area contributed by atoms with Gasteiger partial charge in [-0.25, -0.2) is 0 Å². The molecule has 2 N–H and O–H groups in total. The number of rotatable bonds is 3. The van der Waals surface area contributed by atoms with Crippen molar-refractivity contribution in [3.63, 3.8) is 0 Å². The lowest BCUT2D eigenvalue weighted by Crippen LogP contribution is -2.54. The number of nitrogens with zero attached hydrogens (tertiary/aromatic N) is 2. The van der Waals surface area contributed by atoms with Gasteiger partial charge >= 0.3 is 5.97 Å². The fourth-order valence-corrected chi connectivity index (χ4v) is 3.04. The van der Waals surface area contributed by atoms with Crippen molar-refractivity contribution in [2.45, 2.75) is 12.6 Å². The second-order valence-electron chi connectivity index (χ2n) is 4.11. The highest BCUT2D eigenvalue weighted by Crippen LogP contribution is 2.21. The van der Waals surface area contributed by atoms with E-state index in [2.05, 4.69) is 42.2 Å². The number of pyridine rings is 1. The van der Waals surface area contributed by atoms with Crippen LogP contribution in [-0.4, -0.2) is 46.6 Å². The SMILES string of the molecule is O=C(O)C1CNCCN1Cc1ncc(Br)cc1Br. The van der Waals surface area contributed by atoms with Gasteiger partial charge in [0.25, 0.3) is 0 Å². The van der Waals surface area contributed by atoms with E-state index in [-0.39, 0.29) is 0 Å². The smallest absolute Gasteiger partial charge is 0.322 e. The number of halogens is 2. The van der Waals surface area contributed by atoms with E-state index in [1.54, 1.807) is 6.20 Å². The molecule has 18 heavy (non-hydrogen) atoms. The molecule has 1 aliphatic rings. The van der Waals surface area contributed by atoms with Gasteiger partial charge in [0.15, 0.2) is 0 Å².